The van der Waals surface area contributed by atoms with Gasteiger partial charge in [-0.25, -0.2) is 19.9 Å². The Labute approximate surface area is 307 Å². The van der Waals surface area contributed by atoms with Gasteiger partial charge in [0.25, 0.3) is 0 Å². The Morgan fingerprint density at radius 1 is 0.377 bits per heavy atom. The molecule has 0 fully saturated rings. The van der Waals surface area contributed by atoms with E-state index in [1.165, 1.54) is 0 Å². The first-order chi connectivity index (χ1) is 26.3. The molecular weight excluding hydrogens is 669 g/mol. The summed E-state index contributed by atoms with van der Waals surface area (Å²) in [6.45, 7) is 0. The van der Waals surface area contributed by atoms with Gasteiger partial charge in [0.05, 0.1) is 32.3 Å². The van der Waals surface area contributed by atoms with Gasteiger partial charge >= 0.3 is 0 Å². The molecule has 248 valence electrons. The fourth-order valence-electron chi connectivity index (χ4n) is 7.76. The predicted molar refractivity (Wildman–Crippen MR) is 218 cm³/mol. The van der Waals surface area contributed by atoms with Crippen LogP contribution in [0.2, 0.25) is 0 Å². The molecule has 11 rings (SSSR count). The second-order valence-electron chi connectivity index (χ2n) is 13.1. The summed E-state index contributed by atoms with van der Waals surface area (Å²) in [6, 6.07) is 59.0. The van der Waals surface area contributed by atoms with Crippen LogP contribution in [0.1, 0.15) is 0 Å². The minimum Gasteiger partial charge on any atom is -0.309 e. The quantitative estimate of drug-likeness (QED) is 0.180. The van der Waals surface area contributed by atoms with Crippen molar-refractivity contribution < 1.29 is 0 Å². The molecule has 0 radical (unpaired) electrons. The van der Waals surface area contributed by atoms with Crippen molar-refractivity contribution in [2.75, 3.05) is 0 Å². The minimum absolute atomic E-state index is 0.621. The van der Waals surface area contributed by atoms with Crippen molar-refractivity contribution in [1.29, 1.82) is 0 Å². The summed E-state index contributed by atoms with van der Waals surface area (Å²) in [6.07, 6.45) is 0. The van der Waals surface area contributed by atoms with Gasteiger partial charge in [-0.3, -0.25) is 4.57 Å². The topological polar surface area (TPSA) is 61.4 Å². The molecule has 11 aromatic rings. The fourth-order valence-corrected chi connectivity index (χ4v) is 8.76. The highest BCUT2D eigenvalue weighted by Gasteiger charge is 2.23. The van der Waals surface area contributed by atoms with E-state index in [9.17, 15) is 0 Å². The Morgan fingerprint density at radius 3 is 1.55 bits per heavy atom. The molecule has 6 nitrogen and oxygen atoms in total. The summed E-state index contributed by atoms with van der Waals surface area (Å²) in [5, 5.41) is 5.38. The summed E-state index contributed by atoms with van der Waals surface area (Å²) in [5.74, 6) is 1.87. The zero-order chi connectivity index (χ0) is 34.9. The molecule has 7 aromatic carbocycles. The summed E-state index contributed by atoms with van der Waals surface area (Å²) in [7, 11) is 0. The van der Waals surface area contributed by atoms with E-state index >= 15 is 0 Å². The van der Waals surface area contributed by atoms with Crippen LogP contribution in [0.25, 0.3) is 98.8 Å². The van der Waals surface area contributed by atoms with E-state index in [1.54, 1.807) is 11.3 Å². The van der Waals surface area contributed by atoms with E-state index in [0.29, 0.717) is 17.5 Å². The number of para-hydroxylation sites is 4. The van der Waals surface area contributed by atoms with Crippen molar-refractivity contribution in [3.05, 3.63) is 170 Å². The smallest absolute Gasteiger partial charge is 0.195 e. The Bertz CT molecular complexity index is 3140. The van der Waals surface area contributed by atoms with Crippen molar-refractivity contribution >= 4 is 65.2 Å². The molecule has 0 spiro atoms. The zero-order valence-corrected chi connectivity index (χ0v) is 29.1. The monoisotopic (exact) mass is 696 g/mol. The molecule has 0 saturated heterocycles. The largest absolute Gasteiger partial charge is 0.309 e. The van der Waals surface area contributed by atoms with Crippen LogP contribution in [0.5, 0.6) is 0 Å². The first-order valence-corrected chi connectivity index (χ1v) is 18.4. The van der Waals surface area contributed by atoms with Gasteiger partial charge in [-0.1, -0.05) is 133 Å². The van der Waals surface area contributed by atoms with E-state index in [4.69, 9.17) is 19.9 Å². The molecule has 0 bridgehead atoms. The lowest BCUT2D eigenvalue weighted by atomic mass is 10.0. The maximum Gasteiger partial charge on any atom is 0.195 e. The summed E-state index contributed by atoms with van der Waals surface area (Å²) >= 11 is 1.70. The maximum absolute atomic E-state index is 5.36. The molecule has 0 aliphatic heterocycles. The second-order valence-corrected chi connectivity index (χ2v) is 14.1. The molecule has 0 aliphatic rings. The summed E-state index contributed by atoms with van der Waals surface area (Å²) in [5.41, 5.74) is 9.30. The third-order valence-electron chi connectivity index (χ3n) is 10.0. The lowest BCUT2D eigenvalue weighted by molar-refractivity contribution is 1.08. The van der Waals surface area contributed by atoms with Gasteiger partial charge in [-0.05, 0) is 48.5 Å². The predicted octanol–water partition coefficient (Wildman–Crippen LogP) is 11.7. The van der Waals surface area contributed by atoms with Crippen LogP contribution in [0.4, 0.5) is 0 Å². The van der Waals surface area contributed by atoms with Gasteiger partial charge in [0, 0.05) is 43.9 Å². The highest BCUT2D eigenvalue weighted by atomic mass is 32.1. The summed E-state index contributed by atoms with van der Waals surface area (Å²) in [4.78, 5) is 20.9. The van der Waals surface area contributed by atoms with Crippen LogP contribution >= 0.6 is 11.3 Å². The average Bonchev–Trinajstić information content (AvgIpc) is 3.91. The molecular formula is C46H28N6S. The van der Waals surface area contributed by atoms with Crippen molar-refractivity contribution in [2.45, 2.75) is 0 Å². The van der Waals surface area contributed by atoms with Crippen molar-refractivity contribution in [3.63, 3.8) is 0 Å². The van der Waals surface area contributed by atoms with Crippen LogP contribution < -0.4 is 0 Å². The van der Waals surface area contributed by atoms with Gasteiger partial charge in [0.2, 0.25) is 0 Å². The molecule has 0 unspecified atom stereocenters. The van der Waals surface area contributed by atoms with Crippen LogP contribution in [0.15, 0.2) is 170 Å². The molecule has 4 aromatic heterocycles. The molecule has 7 heteroatoms. The SMILES string of the molecule is c1ccc(-c2nc(-c3cccc4c3c3ccccc3n4-c3ccccc3)nc(-c3cccc4c3c3ccccc3n4-c3nc4ccccc4s3)n2)cc1. The molecule has 0 amide bonds. The van der Waals surface area contributed by atoms with E-state index in [0.717, 1.165) is 81.3 Å². The number of nitrogens with zero attached hydrogens (tertiary/aromatic N) is 6. The maximum atomic E-state index is 5.36. The number of thiazole rings is 1. The third kappa shape index (κ3) is 4.64. The van der Waals surface area contributed by atoms with Gasteiger partial charge in [0.1, 0.15) is 0 Å². The number of benzene rings is 7. The van der Waals surface area contributed by atoms with Crippen LogP contribution in [-0.2, 0) is 0 Å². The molecule has 0 aliphatic carbocycles. The van der Waals surface area contributed by atoms with Gasteiger partial charge in [-0.2, -0.15) is 0 Å². The first-order valence-electron chi connectivity index (χ1n) is 17.6. The lowest BCUT2D eigenvalue weighted by Gasteiger charge is -2.11. The van der Waals surface area contributed by atoms with E-state index in [1.807, 2.05) is 24.3 Å². The Morgan fingerprint density at radius 2 is 0.887 bits per heavy atom. The van der Waals surface area contributed by atoms with Crippen LogP contribution in [0, 0.1) is 0 Å². The molecule has 0 saturated carbocycles. The highest BCUT2D eigenvalue weighted by molar-refractivity contribution is 7.20. The molecule has 0 atom stereocenters. The number of aromatic nitrogens is 6. The zero-order valence-electron chi connectivity index (χ0n) is 28.3. The van der Waals surface area contributed by atoms with E-state index in [2.05, 4.69) is 155 Å². The number of hydrogen-bond donors (Lipinski definition) is 0. The number of rotatable bonds is 5. The van der Waals surface area contributed by atoms with Crippen molar-refractivity contribution in [1.82, 2.24) is 29.1 Å². The molecule has 4 heterocycles. The van der Waals surface area contributed by atoms with Crippen LogP contribution in [-0.4, -0.2) is 29.1 Å². The lowest BCUT2D eigenvalue weighted by Crippen LogP contribution is -2.01. The van der Waals surface area contributed by atoms with Gasteiger partial charge in [-0.15, -0.1) is 0 Å². The minimum atomic E-state index is 0.621. The third-order valence-corrected chi connectivity index (χ3v) is 11.1. The fraction of sp³-hybridized carbons (Fsp3) is 0. The van der Waals surface area contributed by atoms with Gasteiger partial charge in [0.15, 0.2) is 22.6 Å². The average molecular weight is 697 g/mol. The number of hydrogen-bond acceptors (Lipinski definition) is 5. The second kappa shape index (κ2) is 11.8. The van der Waals surface area contributed by atoms with Crippen molar-refractivity contribution in [3.8, 4) is 45.0 Å². The summed E-state index contributed by atoms with van der Waals surface area (Å²) < 4.78 is 5.76. The highest BCUT2D eigenvalue weighted by Crippen LogP contribution is 2.41. The van der Waals surface area contributed by atoms with E-state index in [-0.39, 0.29) is 0 Å². The van der Waals surface area contributed by atoms with Gasteiger partial charge < -0.3 is 4.57 Å². The Kier molecular flexibility index (Phi) is 6.62. The van der Waals surface area contributed by atoms with Crippen molar-refractivity contribution in [2.24, 2.45) is 0 Å². The van der Waals surface area contributed by atoms with Crippen LogP contribution in [0.3, 0.4) is 0 Å². The Hall–Kier alpha value is -6.96. The standard InChI is InChI=1S/C46H28N6S/c1-3-15-29(16-4-1)43-48-44(33-21-13-26-38-41(33)31-19-7-10-24-36(31)51(38)30-17-5-2-6-18-30)50-45(49-43)34-22-14-27-39-42(34)32-20-8-11-25-37(32)52(39)46-47-35-23-9-12-28-40(35)53-46/h1-28H. The number of fused-ring (bicyclic) bond motifs is 7. The first kappa shape index (κ1) is 29.7. The normalized spacial score (nSPS) is 11.8. The Balaban J connectivity index is 1.20. The molecule has 53 heavy (non-hydrogen) atoms. The molecule has 0 N–H and O–H groups in total. The van der Waals surface area contributed by atoms with E-state index < -0.39 is 0 Å².